The van der Waals surface area contributed by atoms with Crippen molar-refractivity contribution in [3.8, 4) is 6.07 Å². The molecule has 1 aromatic rings. The lowest BCUT2D eigenvalue weighted by molar-refractivity contribution is 0.499. The number of hydrogen-bond acceptors (Lipinski definition) is 4. The lowest BCUT2D eigenvalue weighted by atomic mass is 10.1. The van der Waals surface area contributed by atoms with E-state index in [0.717, 1.165) is 24.2 Å². The van der Waals surface area contributed by atoms with Gasteiger partial charge in [0.2, 0.25) is 10.0 Å². The summed E-state index contributed by atoms with van der Waals surface area (Å²) in [6.07, 6.45) is 3.37. The van der Waals surface area contributed by atoms with Gasteiger partial charge in [-0.05, 0) is 36.8 Å². The lowest BCUT2D eigenvalue weighted by Crippen LogP contribution is -2.28. The molecule has 1 fully saturated rings. The number of hydrogen-bond donors (Lipinski definition) is 1. The minimum absolute atomic E-state index is 0.227. The highest BCUT2D eigenvalue weighted by molar-refractivity contribution is 7.91. The van der Waals surface area contributed by atoms with Gasteiger partial charge in [-0.15, -0.1) is 11.3 Å². The Morgan fingerprint density at radius 1 is 1.50 bits per heavy atom. The van der Waals surface area contributed by atoms with E-state index in [1.807, 2.05) is 6.07 Å². The Hall–Kier alpha value is -0.900. The highest BCUT2D eigenvalue weighted by Gasteiger charge is 2.24. The Bertz CT molecular complexity index is 557. The van der Waals surface area contributed by atoms with Crippen LogP contribution in [0.4, 0.5) is 0 Å². The number of nitrogens with one attached hydrogen (secondary N) is 1. The van der Waals surface area contributed by atoms with Crippen molar-refractivity contribution in [1.82, 2.24) is 4.72 Å². The first-order chi connectivity index (χ1) is 8.51. The van der Waals surface area contributed by atoms with Gasteiger partial charge in [0.1, 0.15) is 15.2 Å². The molecule has 2 rings (SSSR count). The highest BCUT2D eigenvalue weighted by atomic mass is 32.2. The molecule has 6 heteroatoms. The van der Waals surface area contributed by atoms with Gasteiger partial charge < -0.3 is 0 Å². The Morgan fingerprint density at radius 3 is 2.83 bits per heavy atom. The van der Waals surface area contributed by atoms with Gasteiger partial charge in [0.15, 0.2) is 0 Å². The van der Waals surface area contributed by atoms with E-state index in [-0.39, 0.29) is 4.21 Å². The van der Waals surface area contributed by atoms with Crippen LogP contribution in [0.25, 0.3) is 0 Å². The van der Waals surface area contributed by atoms with Crippen molar-refractivity contribution < 1.29 is 8.42 Å². The molecule has 0 saturated heterocycles. The van der Waals surface area contributed by atoms with Gasteiger partial charge in [-0.3, -0.25) is 0 Å². The Labute approximate surface area is 112 Å². The standard InChI is InChI=1S/C12H16N2O2S2/c1-9-2-3-10(6-9)8-14-18(15,16)12-5-4-11(7-13)17-12/h4-5,9-10,14H,2-3,6,8H2,1H3. The van der Waals surface area contributed by atoms with Crippen LogP contribution in [0.15, 0.2) is 16.3 Å². The Morgan fingerprint density at radius 2 is 2.28 bits per heavy atom. The first-order valence-electron chi connectivity index (χ1n) is 6.01. The molecular formula is C12H16N2O2S2. The van der Waals surface area contributed by atoms with Crippen LogP contribution < -0.4 is 4.72 Å². The van der Waals surface area contributed by atoms with Crippen LogP contribution in [0.2, 0.25) is 0 Å². The normalized spacial score (nSPS) is 24.0. The number of nitrogens with zero attached hydrogens (tertiary/aromatic N) is 1. The Balaban J connectivity index is 1.97. The van der Waals surface area contributed by atoms with Crippen molar-refractivity contribution >= 4 is 21.4 Å². The lowest BCUT2D eigenvalue weighted by Gasteiger charge is -2.10. The summed E-state index contributed by atoms with van der Waals surface area (Å²) in [5, 5.41) is 8.69. The van der Waals surface area contributed by atoms with Crippen LogP contribution in [-0.2, 0) is 10.0 Å². The van der Waals surface area contributed by atoms with Gasteiger partial charge in [-0.25, -0.2) is 13.1 Å². The number of thiophene rings is 1. The number of nitriles is 1. The van der Waals surface area contributed by atoms with Crippen LogP contribution in [-0.4, -0.2) is 15.0 Å². The molecule has 1 heterocycles. The molecule has 1 aromatic heterocycles. The van der Waals surface area contributed by atoms with Crippen LogP contribution in [0.3, 0.4) is 0 Å². The van der Waals surface area contributed by atoms with Gasteiger partial charge in [0, 0.05) is 6.54 Å². The van der Waals surface area contributed by atoms with Crippen LogP contribution in [0.1, 0.15) is 31.1 Å². The molecule has 0 spiro atoms. The summed E-state index contributed by atoms with van der Waals surface area (Å²) in [5.41, 5.74) is 0. The Kier molecular flexibility index (Phi) is 4.05. The molecular weight excluding hydrogens is 268 g/mol. The van der Waals surface area contributed by atoms with Crippen molar-refractivity contribution in [1.29, 1.82) is 5.26 Å². The number of rotatable bonds is 4. The van der Waals surface area contributed by atoms with Gasteiger partial charge in [0.25, 0.3) is 0 Å². The van der Waals surface area contributed by atoms with Crippen LogP contribution >= 0.6 is 11.3 Å². The molecule has 0 aromatic carbocycles. The largest absolute Gasteiger partial charge is 0.250 e. The molecule has 0 amide bonds. The van der Waals surface area contributed by atoms with Crippen molar-refractivity contribution in [2.45, 2.75) is 30.4 Å². The van der Waals surface area contributed by atoms with Gasteiger partial charge in [0.05, 0.1) is 0 Å². The fourth-order valence-electron chi connectivity index (χ4n) is 2.33. The maximum absolute atomic E-state index is 12.0. The molecule has 2 atom stereocenters. The minimum atomic E-state index is -3.44. The zero-order valence-electron chi connectivity index (χ0n) is 10.2. The van der Waals surface area contributed by atoms with Gasteiger partial charge in [-0.1, -0.05) is 13.3 Å². The summed E-state index contributed by atoms with van der Waals surface area (Å²) in [5.74, 6) is 1.15. The monoisotopic (exact) mass is 284 g/mol. The van der Waals surface area contributed by atoms with Crippen LogP contribution in [0.5, 0.6) is 0 Å². The molecule has 1 saturated carbocycles. The van der Waals surface area contributed by atoms with Gasteiger partial charge in [-0.2, -0.15) is 5.26 Å². The van der Waals surface area contributed by atoms with Crippen molar-refractivity contribution in [2.24, 2.45) is 11.8 Å². The number of sulfonamides is 1. The summed E-state index contributed by atoms with van der Waals surface area (Å²) in [7, 11) is -3.44. The average Bonchev–Trinajstić information content (AvgIpc) is 2.95. The zero-order chi connectivity index (χ0) is 13.2. The third-order valence-electron chi connectivity index (χ3n) is 3.32. The molecule has 1 N–H and O–H groups in total. The van der Waals surface area contributed by atoms with Gasteiger partial charge >= 0.3 is 0 Å². The van der Waals surface area contributed by atoms with Crippen molar-refractivity contribution in [3.05, 3.63) is 17.0 Å². The van der Waals surface area contributed by atoms with E-state index in [1.165, 1.54) is 18.6 Å². The third kappa shape index (κ3) is 3.10. The quantitative estimate of drug-likeness (QED) is 0.922. The predicted octanol–water partition coefficient (Wildman–Crippen LogP) is 2.33. The zero-order valence-corrected chi connectivity index (χ0v) is 11.9. The first-order valence-corrected chi connectivity index (χ1v) is 8.31. The van der Waals surface area contributed by atoms with E-state index in [2.05, 4.69) is 11.6 Å². The minimum Gasteiger partial charge on any atom is -0.210 e. The van der Waals surface area contributed by atoms with Crippen molar-refractivity contribution in [2.75, 3.05) is 6.54 Å². The van der Waals surface area contributed by atoms with E-state index in [4.69, 9.17) is 5.26 Å². The van der Waals surface area contributed by atoms with E-state index in [1.54, 1.807) is 0 Å². The SMILES string of the molecule is CC1CCC(CNS(=O)(=O)c2ccc(C#N)s2)C1. The molecule has 1 aliphatic rings. The highest BCUT2D eigenvalue weighted by Crippen LogP contribution is 2.30. The molecule has 0 bridgehead atoms. The second-order valence-electron chi connectivity index (χ2n) is 4.87. The predicted molar refractivity (Wildman–Crippen MR) is 70.7 cm³/mol. The molecule has 2 unspecified atom stereocenters. The molecule has 18 heavy (non-hydrogen) atoms. The second-order valence-corrected chi connectivity index (χ2v) is 7.94. The molecule has 4 nitrogen and oxygen atoms in total. The summed E-state index contributed by atoms with van der Waals surface area (Å²) in [6, 6.07) is 4.98. The molecule has 1 aliphatic carbocycles. The second kappa shape index (κ2) is 5.39. The molecule has 0 radical (unpaired) electrons. The fourth-order valence-corrected chi connectivity index (χ4v) is 4.60. The molecule has 0 aliphatic heterocycles. The topological polar surface area (TPSA) is 70.0 Å². The van der Waals surface area contributed by atoms with Crippen LogP contribution in [0, 0.1) is 23.2 Å². The third-order valence-corrected chi connectivity index (χ3v) is 6.23. The summed E-state index contributed by atoms with van der Waals surface area (Å²) in [4.78, 5) is 0.421. The first kappa shape index (κ1) is 13.5. The summed E-state index contributed by atoms with van der Waals surface area (Å²) in [6.45, 7) is 2.71. The fraction of sp³-hybridized carbons (Fsp3) is 0.583. The molecule has 98 valence electrons. The maximum Gasteiger partial charge on any atom is 0.250 e. The summed E-state index contributed by atoms with van der Waals surface area (Å²) >= 11 is 1.01. The van der Waals surface area contributed by atoms with E-state index in [9.17, 15) is 8.42 Å². The summed E-state index contributed by atoms with van der Waals surface area (Å²) < 4.78 is 26.9. The van der Waals surface area contributed by atoms with Crippen molar-refractivity contribution in [3.63, 3.8) is 0 Å². The van der Waals surface area contributed by atoms with E-state index in [0.29, 0.717) is 23.3 Å². The van der Waals surface area contributed by atoms with E-state index < -0.39 is 10.0 Å². The maximum atomic E-state index is 12.0. The average molecular weight is 284 g/mol. The van der Waals surface area contributed by atoms with E-state index >= 15 is 0 Å². The smallest absolute Gasteiger partial charge is 0.210 e.